The topological polar surface area (TPSA) is 44.2 Å². The zero-order valence-electron chi connectivity index (χ0n) is 9.70. The molecule has 0 amide bonds. The Balaban J connectivity index is 2.51. The molecule has 0 atom stereocenters. The predicted molar refractivity (Wildman–Crippen MR) is 63.0 cm³/mol. The highest BCUT2D eigenvalue weighted by atomic mass is 35.5. The van der Waals surface area contributed by atoms with E-state index in [-0.39, 0.29) is 0 Å². The summed E-state index contributed by atoms with van der Waals surface area (Å²) in [5.74, 6) is 1.24. The van der Waals surface area contributed by atoms with E-state index in [4.69, 9.17) is 21.1 Å². The summed E-state index contributed by atoms with van der Waals surface area (Å²) in [7, 11) is 0. The monoisotopic (exact) mass is 244 g/mol. The van der Waals surface area contributed by atoms with Crippen LogP contribution >= 0.6 is 11.6 Å². The van der Waals surface area contributed by atoms with Crippen LogP contribution in [0.4, 0.5) is 0 Å². The molecule has 0 unspecified atom stereocenters. The van der Waals surface area contributed by atoms with E-state index < -0.39 is 0 Å². The zero-order chi connectivity index (χ0) is 11.8. The van der Waals surface area contributed by atoms with Gasteiger partial charge in [0.15, 0.2) is 0 Å². The number of aromatic nitrogens is 2. The second-order valence-corrected chi connectivity index (χ2v) is 3.63. The summed E-state index contributed by atoms with van der Waals surface area (Å²) in [6, 6.07) is 1.62. The third-order valence-electron chi connectivity index (χ3n) is 1.87. The Bertz CT molecular complexity index is 321. The van der Waals surface area contributed by atoms with Crippen LogP contribution in [0.5, 0.6) is 5.88 Å². The van der Waals surface area contributed by atoms with Crippen molar-refractivity contribution in [2.24, 2.45) is 0 Å². The lowest BCUT2D eigenvalue weighted by Gasteiger charge is -2.06. The van der Waals surface area contributed by atoms with E-state index in [1.165, 1.54) is 0 Å². The molecule has 0 fully saturated rings. The van der Waals surface area contributed by atoms with Crippen molar-refractivity contribution < 1.29 is 9.47 Å². The van der Waals surface area contributed by atoms with Crippen molar-refractivity contribution in [1.29, 1.82) is 0 Å². The lowest BCUT2D eigenvalue weighted by atomic mass is 10.3. The fourth-order valence-electron chi connectivity index (χ4n) is 1.20. The summed E-state index contributed by atoms with van der Waals surface area (Å²) >= 11 is 5.86. The normalized spacial score (nSPS) is 10.4. The Morgan fingerprint density at radius 1 is 1.25 bits per heavy atom. The molecule has 1 aromatic rings. The largest absolute Gasteiger partial charge is 0.475 e. The third-order valence-corrected chi connectivity index (χ3v) is 2.07. The molecular weight excluding hydrogens is 228 g/mol. The van der Waals surface area contributed by atoms with Crippen LogP contribution in [0.25, 0.3) is 0 Å². The summed E-state index contributed by atoms with van der Waals surface area (Å²) in [6.45, 7) is 5.74. The fourth-order valence-corrected chi connectivity index (χ4v) is 1.39. The Kier molecular flexibility index (Phi) is 6.11. The molecule has 16 heavy (non-hydrogen) atoms. The van der Waals surface area contributed by atoms with Gasteiger partial charge in [0.1, 0.15) is 17.6 Å². The summed E-state index contributed by atoms with van der Waals surface area (Å²) < 4.78 is 10.6. The number of nitrogens with zero attached hydrogens (tertiary/aromatic N) is 2. The summed E-state index contributed by atoms with van der Waals surface area (Å²) in [5, 5.41) is 0.421. The highest BCUT2D eigenvalue weighted by molar-refractivity contribution is 6.29. The molecule has 90 valence electrons. The molecule has 0 saturated carbocycles. The van der Waals surface area contributed by atoms with E-state index in [9.17, 15) is 0 Å². The van der Waals surface area contributed by atoms with Gasteiger partial charge in [-0.3, -0.25) is 0 Å². The Labute approximate surface area is 101 Å². The van der Waals surface area contributed by atoms with Crippen molar-refractivity contribution in [3.05, 3.63) is 17.0 Å². The van der Waals surface area contributed by atoms with Gasteiger partial charge in [0.05, 0.1) is 6.61 Å². The molecule has 0 radical (unpaired) electrons. The van der Waals surface area contributed by atoms with Crippen molar-refractivity contribution in [3.63, 3.8) is 0 Å². The van der Waals surface area contributed by atoms with Crippen LogP contribution in [-0.2, 0) is 11.2 Å². The minimum atomic E-state index is 0.421. The second kappa shape index (κ2) is 7.41. The molecule has 0 aliphatic carbocycles. The first-order valence-corrected chi connectivity index (χ1v) is 5.88. The molecule has 0 N–H and O–H groups in total. The van der Waals surface area contributed by atoms with Gasteiger partial charge in [-0.2, -0.15) is 4.98 Å². The molecule has 5 heteroatoms. The van der Waals surface area contributed by atoms with Crippen molar-refractivity contribution in [2.75, 3.05) is 19.8 Å². The first kappa shape index (κ1) is 13.2. The molecule has 0 bridgehead atoms. The fraction of sp³-hybridized carbons (Fsp3) is 0.636. The molecule has 0 spiro atoms. The molecule has 0 aliphatic heterocycles. The molecule has 1 rings (SSSR count). The van der Waals surface area contributed by atoms with Crippen LogP contribution in [0.1, 0.15) is 26.1 Å². The average molecular weight is 245 g/mol. The lowest BCUT2D eigenvalue weighted by molar-refractivity contribution is 0.108. The number of aryl methyl sites for hydroxylation is 1. The summed E-state index contributed by atoms with van der Waals surface area (Å²) in [6.07, 6.45) is 1.79. The van der Waals surface area contributed by atoms with E-state index in [0.717, 1.165) is 18.7 Å². The van der Waals surface area contributed by atoms with Crippen molar-refractivity contribution in [2.45, 2.75) is 26.7 Å². The lowest BCUT2D eigenvalue weighted by Crippen LogP contribution is -2.08. The second-order valence-electron chi connectivity index (χ2n) is 3.24. The first-order chi connectivity index (χ1) is 7.76. The highest BCUT2D eigenvalue weighted by Crippen LogP contribution is 2.14. The summed E-state index contributed by atoms with van der Waals surface area (Å²) in [5.41, 5.74) is 0. The van der Waals surface area contributed by atoms with Gasteiger partial charge >= 0.3 is 0 Å². The van der Waals surface area contributed by atoms with Crippen molar-refractivity contribution >= 4 is 11.6 Å². The van der Waals surface area contributed by atoms with Gasteiger partial charge in [0.2, 0.25) is 5.88 Å². The molecule has 1 heterocycles. The smallest absolute Gasteiger partial charge is 0.218 e. The minimum Gasteiger partial charge on any atom is -0.475 e. The Morgan fingerprint density at radius 2 is 2.06 bits per heavy atom. The maximum Gasteiger partial charge on any atom is 0.218 e. The van der Waals surface area contributed by atoms with Crippen molar-refractivity contribution in [3.8, 4) is 5.88 Å². The van der Waals surface area contributed by atoms with Gasteiger partial charge in [-0.1, -0.05) is 18.5 Å². The number of rotatable bonds is 7. The van der Waals surface area contributed by atoms with E-state index in [1.54, 1.807) is 6.07 Å². The number of hydrogen-bond donors (Lipinski definition) is 0. The van der Waals surface area contributed by atoms with Crippen molar-refractivity contribution in [1.82, 2.24) is 9.97 Å². The Hall–Kier alpha value is -0.870. The highest BCUT2D eigenvalue weighted by Gasteiger charge is 2.03. The minimum absolute atomic E-state index is 0.421. The zero-order valence-corrected chi connectivity index (χ0v) is 10.5. The van der Waals surface area contributed by atoms with Gasteiger partial charge in [-0.25, -0.2) is 4.98 Å². The number of halogens is 1. The Morgan fingerprint density at radius 3 is 2.75 bits per heavy atom. The van der Waals surface area contributed by atoms with Gasteiger partial charge in [0.25, 0.3) is 0 Å². The maximum atomic E-state index is 5.86. The first-order valence-electron chi connectivity index (χ1n) is 5.50. The van der Waals surface area contributed by atoms with Gasteiger partial charge in [0, 0.05) is 19.1 Å². The summed E-state index contributed by atoms with van der Waals surface area (Å²) in [4.78, 5) is 8.36. The molecular formula is C11H17ClN2O2. The molecule has 1 aromatic heterocycles. The van der Waals surface area contributed by atoms with E-state index in [0.29, 0.717) is 30.9 Å². The van der Waals surface area contributed by atoms with Gasteiger partial charge in [-0.05, 0) is 13.3 Å². The number of hydrogen-bond acceptors (Lipinski definition) is 4. The standard InChI is InChI=1S/C11H17ClN2O2/c1-3-5-10-13-9(12)8-11(14-10)16-7-6-15-4-2/h8H,3-7H2,1-2H3. The SMILES string of the molecule is CCCc1nc(Cl)cc(OCCOCC)n1. The van der Waals surface area contributed by atoms with Crippen LogP contribution in [0.2, 0.25) is 5.15 Å². The van der Waals surface area contributed by atoms with E-state index in [1.807, 2.05) is 6.92 Å². The van der Waals surface area contributed by atoms with E-state index in [2.05, 4.69) is 16.9 Å². The average Bonchev–Trinajstić information content (AvgIpc) is 2.24. The van der Waals surface area contributed by atoms with Gasteiger partial charge in [-0.15, -0.1) is 0 Å². The van der Waals surface area contributed by atoms with Crippen LogP contribution in [0.15, 0.2) is 6.07 Å². The van der Waals surface area contributed by atoms with Crippen LogP contribution in [-0.4, -0.2) is 29.8 Å². The molecule has 0 aliphatic rings. The predicted octanol–water partition coefficient (Wildman–Crippen LogP) is 2.50. The van der Waals surface area contributed by atoms with Crippen LogP contribution in [0, 0.1) is 0 Å². The molecule has 0 aromatic carbocycles. The number of ether oxygens (including phenoxy) is 2. The molecule has 0 saturated heterocycles. The third kappa shape index (κ3) is 4.77. The van der Waals surface area contributed by atoms with E-state index >= 15 is 0 Å². The maximum absolute atomic E-state index is 5.86. The van der Waals surface area contributed by atoms with Crippen LogP contribution < -0.4 is 4.74 Å². The van der Waals surface area contributed by atoms with Crippen LogP contribution in [0.3, 0.4) is 0 Å². The molecule has 4 nitrogen and oxygen atoms in total. The van der Waals surface area contributed by atoms with Gasteiger partial charge < -0.3 is 9.47 Å². The quantitative estimate of drug-likeness (QED) is 0.546.